The summed E-state index contributed by atoms with van der Waals surface area (Å²) in [4.78, 5) is 14.0. The fraction of sp³-hybridized carbons (Fsp3) is 0.486. The lowest BCUT2D eigenvalue weighted by molar-refractivity contribution is 0.1000. The number of primary amides is 1. The van der Waals surface area contributed by atoms with Crippen LogP contribution < -0.4 is 15.8 Å². The largest absolute Gasteiger partial charge is 0.493 e. The van der Waals surface area contributed by atoms with Gasteiger partial charge in [-0.05, 0) is 118 Å². The third-order valence-corrected chi connectivity index (χ3v) is 8.52. The van der Waals surface area contributed by atoms with Gasteiger partial charge in [0.1, 0.15) is 11.6 Å². The molecule has 44 heavy (non-hydrogen) atoms. The maximum Gasteiger partial charge on any atom is 0.248 e. The Balaban J connectivity index is 1.19. The van der Waals surface area contributed by atoms with Gasteiger partial charge in [0, 0.05) is 30.3 Å². The zero-order chi connectivity index (χ0) is 31.5. The van der Waals surface area contributed by atoms with Crippen molar-refractivity contribution in [1.29, 1.82) is 0 Å². The van der Waals surface area contributed by atoms with E-state index in [0.29, 0.717) is 37.3 Å². The number of nitrogens with one attached hydrogen (secondary N) is 1. The Bertz CT molecular complexity index is 1370. The van der Waals surface area contributed by atoms with Crippen LogP contribution in [0.25, 0.3) is 0 Å². The summed E-state index contributed by atoms with van der Waals surface area (Å²) in [5.74, 6) is -0.191. The molecule has 3 aromatic rings. The summed E-state index contributed by atoms with van der Waals surface area (Å²) >= 11 is 0. The molecule has 0 aliphatic heterocycles. The van der Waals surface area contributed by atoms with Crippen LogP contribution >= 0.6 is 0 Å². The van der Waals surface area contributed by atoms with Gasteiger partial charge in [0.2, 0.25) is 5.91 Å². The maximum atomic E-state index is 14.4. The number of hydrogen-bond acceptors (Lipinski definition) is 5. The Labute approximate surface area is 262 Å². The topological polar surface area (TPSA) is 87.8 Å². The van der Waals surface area contributed by atoms with Crippen molar-refractivity contribution in [3.63, 3.8) is 0 Å². The fourth-order valence-electron chi connectivity index (χ4n) is 5.95. The van der Waals surface area contributed by atoms with Gasteiger partial charge in [-0.2, -0.15) is 0 Å². The normalized spacial score (nSPS) is 14.5. The second kappa shape index (κ2) is 16.2. The highest BCUT2D eigenvalue weighted by Crippen LogP contribution is 2.45. The zero-order valence-electron chi connectivity index (χ0n) is 26.7. The average Bonchev–Trinajstić information content (AvgIpc) is 3.79. The number of halogens is 1. The van der Waals surface area contributed by atoms with Gasteiger partial charge in [-0.3, -0.25) is 9.69 Å². The summed E-state index contributed by atoms with van der Waals surface area (Å²) in [7, 11) is 0. The predicted molar refractivity (Wildman–Crippen MR) is 175 cm³/mol. The highest BCUT2D eigenvalue weighted by molar-refractivity contribution is 5.93. The van der Waals surface area contributed by atoms with Crippen molar-refractivity contribution in [1.82, 2.24) is 10.2 Å². The molecule has 0 unspecified atom stereocenters. The Morgan fingerprint density at radius 1 is 1.05 bits per heavy atom. The molecule has 6 nitrogen and oxygen atoms in total. The van der Waals surface area contributed by atoms with E-state index in [0.717, 1.165) is 74.8 Å². The molecular formula is C37H50FN3O3. The number of nitrogens with zero attached hydrogens (tertiary/aromatic N) is 1. The van der Waals surface area contributed by atoms with E-state index in [1.54, 1.807) is 0 Å². The van der Waals surface area contributed by atoms with Crippen LogP contribution in [0.1, 0.15) is 90.5 Å². The molecule has 1 atom stereocenters. The summed E-state index contributed by atoms with van der Waals surface area (Å²) in [6, 6.07) is 19.4. The number of ether oxygens (including phenoxy) is 1. The summed E-state index contributed by atoms with van der Waals surface area (Å²) in [6.07, 6.45) is 6.63. The van der Waals surface area contributed by atoms with Crippen molar-refractivity contribution in [3.05, 3.63) is 99.9 Å². The van der Waals surface area contributed by atoms with Gasteiger partial charge in [0.15, 0.2) is 0 Å². The van der Waals surface area contributed by atoms with Crippen molar-refractivity contribution in [2.75, 3.05) is 26.2 Å². The third kappa shape index (κ3) is 10.1. The number of amides is 1. The lowest BCUT2D eigenvalue weighted by atomic mass is 10.00. The van der Waals surface area contributed by atoms with Crippen LogP contribution in [0.4, 0.5) is 4.39 Å². The van der Waals surface area contributed by atoms with Crippen molar-refractivity contribution in [2.24, 2.45) is 5.73 Å². The fourth-order valence-corrected chi connectivity index (χ4v) is 5.95. The molecule has 3 aromatic carbocycles. The summed E-state index contributed by atoms with van der Waals surface area (Å²) in [6.45, 7) is 9.95. The van der Waals surface area contributed by atoms with Crippen molar-refractivity contribution < 1.29 is 19.0 Å². The number of hydrogen-bond donors (Lipinski definition) is 3. The number of unbranched alkanes of at least 4 members (excludes halogenated alkanes) is 1. The molecule has 0 heterocycles. The van der Waals surface area contributed by atoms with Crippen LogP contribution in [-0.4, -0.2) is 48.3 Å². The van der Waals surface area contributed by atoms with Crippen LogP contribution in [0.5, 0.6) is 5.75 Å². The van der Waals surface area contributed by atoms with Crippen LogP contribution in [0.15, 0.2) is 60.7 Å². The summed E-state index contributed by atoms with van der Waals surface area (Å²) in [5, 5.41) is 14.3. The molecule has 7 heteroatoms. The molecule has 0 radical (unpaired) electrons. The van der Waals surface area contributed by atoms with Crippen molar-refractivity contribution >= 4 is 5.91 Å². The Morgan fingerprint density at radius 3 is 2.59 bits per heavy atom. The number of aliphatic hydroxyl groups is 1. The van der Waals surface area contributed by atoms with Crippen LogP contribution in [0.2, 0.25) is 0 Å². The molecule has 4 N–H and O–H groups in total. The molecule has 0 saturated heterocycles. The molecule has 0 bridgehead atoms. The molecule has 238 valence electrons. The first kappa shape index (κ1) is 33.6. The van der Waals surface area contributed by atoms with Crippen molar-refractivity contribution in [3.8, 4) is 5.75 Å². The van der Waals surface area contributed by atoms with E-state index in [-0.39, 0.29) is 11.4 Å². The minimum atomic E-state index is -0.511. The number of carbonyl (C=O) groups excluding carboxylic acids is 1. The minimum Gasteiger partial charge on any atom is -0.493 e. The van der Waals surface area contributed by atoms with E-state index >= 15 is 0 Å². The second-order valence-electron chi connectivity index (χ2n) is 12.4. The van der Waals surface area contributed by atoms with E-state index in [2.05, 4.69) is 54.4 Å². The highest BCUT2D eigenvalue weighted by atomic mass is 19.1. The second-order valence-corrected chi connectivity index (χ2v) is 12.4. The predicted octanol–water partition coefficient (Wildman–Crippen LogP) is 6.44. The number of aryl methyl sites for hydroxylation is 3. The Hall–Kier alpha value is -3.26. The van der Waals surface area contributed by atoms with Gasteiger partial charge >= 0.3 is 0 Å². The van der Waals surface area contributed by atoms with Gasteiger partial charge in [-0.1, -0.05) is 49.7 Å². The lowest BCUT2D eigenvalue weighted by Crippen LogP contribution is -2.36. The number of aliphatic hydroxyl groups excluding tert-OH is 1. The number of rotatable bonds is 19. The molecule has 1 amide bonds. The van der Waals surface area contributed by atoms with Crippen LogP contribution in [0.3, 0.4) is 0 Å². The lowest BCUT2D eigenvalue weighted by Gasteiger charge is -2.22. The Morgan fingerprint density at radius 2 is 1.86 bits per heavy atom. The van der Waals surface area contributed by atoms with Gasteiger partial charge < -0.3 is 20.9 Å². The molecule has 1 aliphatic rings. The van der Waals surface area contributed by atoms with E-state index in [1.807, 2.05) is 25.1 Å². The first-order chi connectivity index (χ1) is 21.2. The minimum absolute atomic E-state index is 0.0192. The average molecular weight is 604 g/mol. The first-order valence-electron chi connectivity index (χ1n) is 16.3. The number of nitrogens with two attached hydrogens (primary N) is 1. The monoisotopic (exact) mass is 603 g/mol. The number of benzene rings is 3. The summed E-state index contributed by atoms with van der Waals surface area (Å²) < 4.78 is 20.3. The van der Waals surface area contributed by atoms with Gasteiger partial charge in [-0.15, -0.1) is 0 Å². The smallest absolute Gasteiger partial charge is 0.248 e. The van der Waals surface area contributed by atoms with Crippen LogP contribution in [0, 0.1) is 12.7 Å². The molecule has 1 aliphatic carbocycles. The molecular weight excluding hydrogens is 553 g/mol. The van der Waals surface area contributed by atoms with Gasteiger partial charge in [-0.25, -0.2) is 4.39 Å². The van der Waals surface area contributed by atoms with Gasteiger partial charge in [0.25, 0.3) is 0 Å². The quantitative estimate of drug-likeness (QED) is 0.137. The molecule has 1 saturated carbocycles. The Kier molecular flexibility index (Phi) is 12.4. The molecule has 1 fully saturated rings. The van der Waals surface area contributed by atoms with Crippen molar-refractivity contribution in [2.45, 2.75) is 90.3 Å². The zero-order valence-corrected chi connectivity index (χ0v) is 26.7. The van der Waals surface area contributed by atoms with E-state index in [9.17, 15) is 14.3 Å². The standard InChI is InChI=1S/C37H50FN3O3/c1-4-15-41(26-30-18-27(3)19-31(20-30)36(39)43)16-6-7-17-44-35-23-29(22-33(38)24-35)11-12-34(42)25-40-37(13-14-37)32-10-8-9-28(5-2)21-32/h8-10,18-24,34,40,42H,4-7,11-17,25-26H2,1-3H3,(H2,39,43)/t34-/m0/s1. The van der Waals surface area contributed by atoms with E-state index in [4.69, 9.17) is 10.5 Å². The SMILES string of the molecule is CCCN(CCCCOc1cc(F)cc(CC[C@H](O)CNC2(c3cccc(CC)c3)CC2)c1)Cc1cc(C)cc(C(N)=O)c1. The van der Waals surface area contributed by atoms with Crippen LogP contribution in [-0.2, 0) is 24.9 Å². The first-order valence-corrected chi connectivity index (χ1v) is 16.3. The maximum absolute atomic E-state index is 14.4. The number of carbonyl (C=O) groups is 1. The summed E-state index contributed by atoms with van der Waals surface area (Å²) in [5.41, 5.74) is 11.6. The third-order valence-electron chi connectivity index (χ3n) is 8.52. The van der Waals surface area contributed by atoms with Gasteiger partial charge in [0.05, 0.1) is 12.7 Å². The molecule has 4 rings (SSSR count). The molecule has 0 spiro atoms. The van der Waals surface area contributed by atoms with E-state index < -0.39 is 12.0 Å². The van der Waals surface area contributed by atoms with E-state index in [1.165, 1.54) is 23.3 Å². The highest BCUT2D eigenvalue weighted by Gasteiger charge is 2.44. The molecule has 0 aromatic heterocycles.